The van der Waals surface area contributed by atoms with Crippen LogP contribution >= 0.6 is 0 Å². The predicted molar refractivity (Wildman–Crippen MR) is 115 cm³/mol. The van der Waals surface area contributed by atoms with Gasteiger partial charge >= 0.3 is 0 Å². The number of sulfonamides is 1. The van der Waals surface area contributed by atoms with Crippen molar-refractivity contribution in [1.82, 2.24) is 9.21 Å². The van der Waals surface area contributed by atoms with E-state index in [0.717, 1.165) is 24.9 Å². The van der Waals surface area contributed by atoms with Crippen molar-refractivity contribution in [1.29, 1.82) is 0 Å². The Labute approximate surface area is 179 Å². The van der Waals surface area contributed by atoms with Crippen LogP contribution in [0.5, 0.6) is 0 Å². The largest absolute Gasteiger partial charge is 0.340 e. The van der Waals surface area contributed by atoms with Gasteiger partial charge in [-0.3, -0.25) is 9.59 Å². The van der Waals surface area contributed by atoms with E-state index in [9.17, 15) is 18.0 Å². The third kappa shape index (κ3) is 4.25. The van der Waals surface area contributed by atoms with Crippen molar-refractivity contribution in [2.24, 2.45) is 5.92 Å². The van der Waals surface area contributed by atoms with Gasteiger partial charge in [0.25, 0.3) is 0 Å². The Hall–Kier alpha value is -1.93. The highest BCUT2D eigenvalue weighted by atomic mass is 32.2. The van der Waals surface area contributed by atoms with E-state index in [-0.39, 0.29) is 16.7 Å². The summed E-state index contributed by atoms with van der Waals surface area (Å²) in [6, 6.07) is 5.13. The summed E-state index contributed by atoms with van der Waals surface area (Å²) in [5.74, 6) is 0.751. The quantitative estimate of drug-likeness (QED) is 0.715. The first-order valence-electron chi connectivity index (χ1n) is 11.1. The van der Waals surface area contributed by atoms with Gasteiger partial charge in [-0.05, 0) is 55.9 Å². The molecular formula is C22H31N3O4S. The van der Waals surface area contributed by atoms with E-state index in [1.165, 1.54) is 17.1 Å². The molecule has 0 aromatic heterocycles. The standard InChI is InChI=1S/C22H31N3O4S/c1-17-15-19(25-10-4-7-21(25)26)8-9-20(17)30(28,29)24-13-11-23(12-14-24)22(27)16-18-5-2-3-6-18/h8-9,15,18H,2-7,10-14,16H2,1H3. The van der Waals surface area contributed by atoms with Crippen LogP contribution in [0.3, 0.4) is 0 Å². The van der Waals surface area contributed by atoms with E-state index in [1.807, 2.05) is 4.90 Å². The fraction of sp³-hybridized carbons (Fsp3) is 0.636. The monoisotopic (exact) mass is 433 g/mol. The third-order valence-corrected chi connectivity index (χ3v) is 8.75. The van der Waals surface area contributed by atoms with Crippen LogP contribution in [0.1, 0.15) is 50.5 Å². The van der Waals surface area contributed by atoms with Crippen LogP contribution in [-0.4, -0.2) is 62.2 Å². The molecule has 1 aliphatic carbocycles. The lowest BCUT2D eigenvalue weighted by Gasteiger charge is -2.34. The summed E-state index contributed by atoms with van der Waals surface area (Å²) in [5, 5.41) is 0. The summed E-state index contributed by atoms with van der Waals surface area (Å²) in [6.07, 6.45) is 6.69. The fourth-order valence-electron chi connectivity index (χ4n) is 4.92. The number of piperazine rings is 1. The Morgan fingerprint density at radius 2 is 1.73 bits per heavy atom. The van der Waals surface area contributed by atoms with E-state index in [0.29, 0.717) is 57.0 Å². The first kappa shape index (κ1) is 21.3. The molecule has 8 heteroatoms. The smallest absolute Gasteiger partial charge is 0.243 e. The van der Waals surface area contributed by atoms with Gasteiger partial charge in [-0.2, -0.15) is 4.31 Å². The second-order valence-corrected chi connectivity index (χ2v) is 10.6. The predicted octanol–water partition coefficient (Wildman–Crippen LogP) is 2.54. The number of benzene rings is 1. The van der Waals surface area contributed by atoms with Crippen molar-refractivity contribution in [3.8, 4) is 0 Å². The highest BCUT2D eigenvalue weighted by Gasteiger charge is 2.32. The molecule has 3 fully saturated rings. The van der Waals surface area contributed by atoms with Gasteiger partial charge < -0.3 is 9.80 Å². The molecule has 0 atom stereocenters. The summed E-state index contributed by atoms with van der Waals surface area (Å²) in [4.78, 5) is 28.3. The van der Waals surface area contributed by atoms with Gasteiger partial charge in [0.1, 0.15) is 0 Å². The SMILES string of the molecule is Cc1cc(N2CCCC2=O)ccc1S(=O)(=O)N1CCN(C(=O)CC2CCCC2)CC1. The summed E-state index contributed by atoms with van der Waals surface area (Å²) in [7, 11) is -3.63. The maximum absolute atomic E-state index is 13.2. The Balaban J connectivity index is 1.40. The molecule has 1 aromatic carbocycles. The van der Waals surface area contributed by atoms with Gasteiger partial charge in [-0.25, -0.2) is 8.42 Å². The van der Waals surface area contributed by atoms with E-state index in [2.05, 4.69) is 0 Å². The minimum absolute atomic E-state index is 0.0865. The zero-order valence-electron chi connectivity index (χ0n) is 17.7. The molecule has 2 amide bonds. The van der Waals surface area contributed by atoms with Crippen LogP contribution in [0.15, 0.2) is 23.1 Å². The summed E-state index contributed by atoms with van der Waals surface area (Å²) in [5.41, 5.74) is 1.41. The first-order valence-corrected chi connectivity index (χ1v) is 12.5. The molecule has 2 heterocycles. The second kappa shape index (κ2) is 8.67. The Morgan fingerprint density at radius 3 is 2.33 bits per heavy atom. The summed E-state index contributed by atoms with van der Waals surface area (Å²) >= 11 is 0. The van der Waals surface area contributed by atoms with Gasteiger partial charge in [0.15, 0.2) is 0 Å². The summed E-state index contributed by atoms with van der Waals surface area (Å²) < 4.78 is 27.9. The van der Waals surface area contributed by atoms with E-state index >= 15 is 0 Å². The molecule has 30 heavy (non-hydrogen) atoms. The van der Waals surface area contributed by atoms with Gasteiger partial charge in [0.2, 0.25) is 21.8 Å². The average Bonchev–Trinajstić information content (AvgIpc) is 3.39. The van der Waals surface area contributed by atoms with Gasteiger partial charge in [0, 0.05) is 51.3 Å². The lowest BCUT2D eigenvalue weighted by Crippen LogP contribution is -2.50. The molecule has 4 rings (SSSR count). The molecule has 2 saturated heterocycles. The zero-order chi connectivity index (χ0) is 21.3. The maximum atomic E-state index is 13.2. The van der Waals surface area contributed by atoms with Crippen LogP contribution in [0.4, 0.5) is 5.69 Å². The highest BCUT2D eigenvalue weighted by molar-refractivity contribution is 7.89. The van der Waals surface area contributed by atoms with Crippen LogP contribution in [0.25, 0.3) is 0 Å². The molecule has 7 nitrogen and oxygen atoms in total. The average molecular weight is 434 g/mol. The van der Waals surface area contributed by atoms with Gasteiger partial charge in [-0.1, -0.05) is 12.8 Å². The molecular weight excluding hydrogens is 402 g/mol. The van der Waals surface area contributed by atoms with Crippen molar-refractivity contribution < 1.29 is 18.0 Å². The van der Waals surface area contributed by atoms with E-state index < -0.39 is 10.0 Å². The van der Waals surface area contributed by atoms with Crippen LogP contribution in [0, 0.1) is 12.8 Å². The maximum Gasteiger partial charge on any atom is 0.243 e. The van der Waals surface area contributed by atoms with Crippen molar-refractivity contribution in [2.45, 2.75) is 56.8 Å². The summed E-state index contributed by atoms with van der Waals surface area (Å²) in [6.45, 7) is 4.00. The van der Waals surface area contributed by atoms with Crippen LogP contribution in [-0.2, 0) is 19.6 Å². The van der Waals surface area contributed by atoms with Gasteiger partial charge in [-0.15, -0.1) is 0 Å². The number of hydrogen-bond donors (Lipinski definition) is 0. The first-order chi connectivity index (χ1) is 14.4. The molecule has 0 N–H and O–H groups in total. The number of anilines is 1. The van der Waals surface area contributed by atoms with E-state index in [1.54, 1.807) is 30.0 Å². The fourth-order valence-corrected chi connectivity index (χ4v) is 6.55. The van der Waals surface area contributed by atoms with Crippen LogP contribution in [0.2, 0.25) is 0 Å². The Bertz CT molecular complexity index is 916. The molecule has 2 aliphatic heterocycles. The van der Waals surface area contributed by atoms with Crippen LogP contribution < -0.4 is 4.90 Å². The normalized spacial score (nSPS) is 21.6. The number of carbonyl (C=O) groups excluding carboxylic acids is 2. The topological polar surface area (TPSA) is 78.0 Å². The van der Waals surface area contributed by atoms with Gasteiger partial charge in [0.05, 0.1) is 4.90 Å². The molecule has 164 valence electrons. The van der Waals surface area contributed by atoms with Crippen molar-refractivity contribution >= 4 is 27.5 Å². The second-order valence-electron chi connectivity index (χ2n) is 8.74. The molecule has 0 spiro atoms. The third-order valence-electron chi connectivity index (χ3n) is 6.69. The number of hydrogen-bond acceptors (Lipinski definition) is 4. The van der Waals surface area contributed by atoms with Crippen molar-refractivity contribution in [3.63, 3.8) is 0 Å². The Kier molecular flexibility index (Phi) is 6.16. The molecule has 0 unspecified atom stereocenters. The number of rotatable bonds is 5. The lowest BCUT2D eigenvalue weighted by atomic mass is 10.0. The molecule has 1 saturated carbocycles. The molecule has 1 aromatic rings. The Morgan fingerprint density at radius 1 is 1.03 bits per heavy atom. The molecule has 3 aliphatic rings. The minimum Gasteiger partial charge on any atom is -0.340 e. The number of aryl methyl sites for hydroxylation is 1. The van der Waals surface area contributed by atoms with Crippen molar-refractivity contribution in [2.75, 3.05) is 37.6 Å². The number of nitrogens with zero attached hydrogens (tertiary/aromatic N) is 3. The molecule has 0 radical (unpaired) electrons. The number of amides is 2. The highest BCUT2D eigenvalue weighted by Crippen LogP contribution is 2.30. The zero-order valence-corrected chi connectivity index (χ0v) is 18.5. The van der Waals surface area contributed by atoms with E-state index in [4.69, 9.17) is 0 Å². The number of carbonyl (C=O) groups is 2. The molecule has 0 bridgehead atoms. The lowest BCUT2D eigenvalue weighted by molar-refractivity contribution is -0.133. The van der Waals surface area contributed by atoms with Crippen molar-refractivity contribution in [3.05, 3.63) is 23.8 Å². The minimum atomic E-state index is -3.63.